The number of pyridine rings is 1. The van der Waals surface area contributed by atoms with Crippen molar-refractivity contribution in [3.8, 4) is 0 Å². The van der Waals surface area contributed by atoms with Crippen LogP contribution >= 0.6 is 11.8 Å². The van der Waals surface area contributed by atoms with E-state index in [-0.39, 0.29) is 33.6 Å². The Labute approximate surface area is 118 Å². The topological polar surface area (TPSA) is 149 Å². The molecule has 1 aromatic rings. The minimum atomic E-state index is -3.12. The number of hydrogen-bond acceptors (Lipinski definition) is 8. The van der Waals surface area contributed by atoms with Crippen LogP contribution in [-0.2, 0) is 9.84 Å². The fourth-order valence-electron chi connectivity index (χ4n) is 1.18. The maximum absolute atomic E-state index is 11.0. The van der Waals surface area contributed by atoms with Crippen molar-refractivity contribution in [3.05, 3.63) is 27.9 Å². The first-order valence-electron chi connectivity index (χ1n) is 5.17. The second-order valence-corrected chi connectivity index (χ2v) is 7.11. The SMILES string of the molecule is CS(=O)(=O)CCSc1ncc([N+](=O)[O-])cc1C(N)=NO. The van der Waals surface area contributed by atoms with Gasteiger partial charge in [-0.2, -0.15) is 0 Å². The van der Waals surface area contributed by atoms with E-state index >= 15 is 0 Å². The first kappa shape index (κ1) is 16.2. The molecule has 0 aliphatic heterocycles. The van der Waals surface area contributed by atoms with Gasteiger partial charge in [0, 0.05) is 18.1 Å². The third kappa shape index (κ3) is 4.66. The molecular weight excluding hydrogens is 308 g/mol. The second-order valence-electron chi connectivity index (χ2n) is 3.77. The van der Waals surface area contributed by atoms with Crippen LogP contribution in [0.2, 0.25) is 0 Å². The standard InChI is InChI=1S/C9H12N4O5S2/c1-20(17,18)3-2-19-9-7(8(10)12-14)4-6(5-11-9)13(15)16/h4-5,14H,2-3H2,1H3,(H2,10,12). The molecule has 0 saturated heterocycles. The van der Waals surface area contributed by atoms with Crippen LogP contribution in [0.15, 0.2) is 22.4 Å². The molecule has 0 radical (unpaired) electrons. The van der Waals surface area contributed by atoms with Crippen LogP contribution in [-0.4, -0.2) is 47.1 Å². The van der Waals surface area contributed by atoms with E-state index < -0.39 is 14.8 Å². The minimum absolute atomic E-state index is 0.0774. The molecule has 20 heavy (non-hydrogen) atoms. The van der Waals surface area contributed by atoms with Gasteiger partial charge in [-0.25, -0.2) is 13.4 Å². The van der Waals surface area contributed by atoms with Gasteiger partial charge < -0.3 is 10.9 Å². The molecule has 0 aliphatic rings. The summed E-state index contributed by atoms with van der Waals surface area (Å²) >= 11 is 1.05. The number of hydrogen-bond donors (Lipinski definition) is 2. The van der Waals surface area contributed by atoms with E-state index in [2.05, 4.69) is 10.1 Å². The maximum atomic E-state index is 11.0. The average Bonchev–Trinajstić information content (AvgIpc) is 2.36. The second kappa shape index (κ2) is 6.52. The third-order valence-corrected chi connectivity index (χ3v) is 4.34. The Hall–Kier alpha value is -1.88. The first-order chi connectivity index (χ1) is 9.24. The number of nitro groups is 1. The molecule has 11 heteroatoms. The fourth-order valence-corrected chi connectivity index (χ4v) is 3.37. The van der Waals surface area contributed by atoms with Crippen LogP contribution < -0.4 is 5.73 Å². The normalized spacial score (nSPS) is 12.3. The molecule has 1 heterocycles. The van der Waals surface area contributed by atoms with E-state index in [1.807, 2.05) is 0 Å². The van der Waals surface area contributed by atoms with E-state index in [1.165, 1.54) is 0 Å². The Morgan fingerprint density at radius 2 is 2.30 bits per heavy atom. The Balaban J connectivity index is 3.03. The highest BCUT2D eigenvalue weighted by atomic mass is 32.2. The Bertz CT molecular complexity index is 644. The number of aromatic nitrogens is 1. The van der Waals surface area contributed by atoms with Crippen molar-refractivity contribution < 1.29 is 18.5 Å². The van der Waals surface area contributed by atoms with Crippen LogP contribution in [0.5, 0.6) is 0 Å². The summed E-state index contributed by atoms with van der Waals surface area (Å²) in [7, 11) is -3.12. The zero-order chi connectivity index (χ0) is 15.3. The molecule has 110 valence electrons. The molecule has 3 N–H and O–H groups in total. The quantitative estimate of drug-likeness (QED) is 0.189. The fraction of sp³-hybridized carbons (Fsp3) is 0.333. The van der Waals surface area contributed by atoms with Gasteiger partial charge in [0.2, 0.25) is 0 Å². The van der Waals surface area contributed by atoms with Crippen LogP contribution in [0.1, 0.15) is 5.56 Å². The molecule has 0 saturated carbocycles. The predicted octanol–water partition coefficient (Wildman–Crippen LogP) is 0.221. The van der Waals surface area contributed by atoms with Crippen LogP contribution in [0.25, 0.3) is 0 Å². The van der Waals surface area contributed by atoms with E-state index in [1.54, 1.807) is 0 Å². The molecule has 0 spiro atoms. The van der Waals surface area contributed by atoms with Crippen LogP contribution in [0.4, 0.5) is 5.69 Å². The summed E-state index contributed by atoms with van der Waals surface area (Å²) in [6.45, 7) is 0. The monoisotopic (exact) mass is 320 g/mol. The van der Waals surface area contributed by atoms with E-state index in [0.29, 0.717) is 0 Å². The third-order valence-electron chi connectivity index (χ3n) is 2.12. The van der Waals surface area contributed by atoms with Gasteiger partial charge >= 0.3 is 0 Å². The Morgan fingerprint density at radius 1 is 1.65 bits per heavy atom. The zero-order valence-corrected chi connectivity index (χ0v) is 12.0. The highest BCUT2D eigenvalue weighted by Crippen LogP contribution is 2.24. The molecule has 0 unspecified atom stereocenters. The van der Waals surface area contributed by atoms with Crippen LogP contribution in [0, 0.1) is 10.1 Å². The molecule has 0 amide bonds. The van der Waals surface area contributed by atoms with Gasteiger partial charge in [0.15, 0.2) is 5.84 Å². The summed E-state index contributed by atoms with van der Waals surface area (Å²) in [5, 5.41) is 22.3. The van der Waals surface area contributed by atoms with Crippen molar-refractivity contribution in [3.63, 3.8) is 0 Å². The van der Waals surface area contributed by atoms with Crippen molar-refractivity contribution in [1.82, 2.24) is 4.98 Å². The molecule has 1 rings (SSSR count). The van der Waals surface area contributed by atoms with Gasteiger partial charge in [0.1, 0.15) is 21.1 Å². The number of sulfone groups is 1. The van der Waals surface area contributed by atoms with Gasteiger partial charge in [-0.1, -0.05) is 5.16 Å². The number of nitrogens with zero attached hydrogens (tertiary/aromatic N) is 3. The first-order valence-corrected chi connectivity index (χ1v) is 8.22. The van der Waals surface area contributed by atoms with Crippen molar-refractivity contribution in [1.29, 1.82) is 0 Å². The molecule has 0 atom stereocenters. The molecule has 1 aromatic heterocycles. The summed E-state index contributed by atoms with van der Waals surface area (Å²) in [6.07, 6.45) is 2.12. The summed E-state index contributed by atoms with van der Waals surface area (Å²) < 4.78 is 22.1. The number of rotatable bonds is 6. The molecule has 9 nitrogen and oxygen atoms in total. The van der Waals surface area contributed by atoms with Gasteiger partial charge in [0.25, 0.3) is 5.69 Å². The van der Waals surface area contributed by atoms with E-state index in [4.69, 9.17) is 10.9 Å². The van der Waals surface area contributed by atoms with Crippen molar-refractivity contribution in [2.24, 2.45) is 10.9 Å². The highest BCUT2D eigenvalue weighted by molar-refractivity contribution is 8.00. The van der Waals surface area contributed by atoms with Crippen molar-refractivity contribution >= 4 is 33.1 Å². The maximum Gasteiger partial charge on any atom is 0.288 e. The summed E-state index contributed by atoms with van der Waals surface area (Å²) in [4.78, 5) is 13.8. The highest BCUT2D eigenvalue weighted by Gasteiger charge is 2.16. The Morgan fingerprint density at radius 3 is 2.80 bits per heavy atom. The molecule has 0 bridgehead atoms. The van der Waals surface area contributed by atoms with Crippen LogP contribution in [0.3, 0.4) is 0 Å². The number of amidine groups is 1. The van der Waals surface area contributed by atoms with Gasteiger partial charge in [0.05, 0.1) is 16.2 Å². The summed E-state index contributed by atoms with van der Waals surface area (Å²) in [5.74, 6) is -0.204. The summed E-state index contributed by atoms with van der Waals surface area (Å²) in [6, 6.07) is 1.12. The smallest absolute Gasteiger partial charge is 0.288 e. The lowest BCUT2D eigenvalue weighted by molar-refractivity contribution is -0.385. The van der Waals surface area contributed by atoms with E-state index in [0.717, 1.165) is 30.3 Å². The van der Waals surface area contributed by atoms with Crippen molar-refractivity contribution in [2.45, 2.75) is 5.03 Å². The molecule has 0 fully saturated rings. The lowest BCUT2D eigenvalue weighted by Crippen LogP contribution is -2.16. The molecule has 0 aliphatic carbocycles. The van der Waals surface area contributed by atoms with Gasteiger partial charge in [-0.3, -0.25) is 10.1 Å². The van der Waals surface area contributed by atoms with E-state index in [9.17, 15) is 18.5 Å². The van der Waals surface area contributed by atoms with Gasteiger partial charge in [-0.15, -0.1) is 11.8 Å². The minimum Gasteiger partial charge on any atom is -0.409 e. The number of nitrogens with two attached hydrogens (primary N) is 1. The zero-order valence-electron chi connectivity index (χ0n) is 10.4. The lowest BCUT2D eigenvalue weighted by atomic mass is 10.2. The molecular formula is C9H12N4O5S2. The summed E-state index contributed by atoms with van der Waals surface area (Å²) in [5.41, 5.74) is 5.20. The predicted molar refractivity (Wildman–Crippen MR) is 73.8 cm³/mol. The lowest BCUT2D eigenvalue weighted by Gasteiger charge is -2.06. The van der Waals surface area contributed by atoms with Gasteiger partial charge in [-0.05, 0) is 0 Å². The Kier molecular flexibility index (Phi) is 5.27. The average molecular weight is 320 g/mol. The number of oxime groups is 1. The van der Waals surface area contributed by atoms with Crippen molar-refractivity contribution in [2.75, 3.05) is 17.8 Å². The number of thioether (sulfide) groups is 1. The molecule has 0 aromatic carbocycles. The largest absolute Gasteiger partial charge is 0.409 e.